The molecular weight excluding hydrogens is 395 g/mol. The third-order valence-corrected chi connectivity index (χ3v) is 4.24. The van der Waals surface area contributed by atoms with Crippen molar-refractivity contribution in [3.05, 3.63) is 83.9 Å². The Hall–Kier alpha value is -3.71. The molecule has 0 unspecified atom stereocenters. The fourth-order valence-electron chi connectivity index (χ4n) is 2.63. The summed E-state index contributed by atoms with van der Waals surface area (Å²) in [5.74, 6) is 0.448. The average Bonchev–Trinajstić information content (AvgIpc) is 2.71. The zero-order chi connectivity index (χ0) is 20.2. The quantitative estimate of drug-likeness (QED) is 0.443. The van der Waals surface area contributed by atoms with E-state index in [0.717, 1.165) is 0 Å². The minimum Gasteiger partial charge on any atom is -0.438 e. The van der Waals surface area contributed by atoms with E-state index in [1.54, 1.807) is 54.6 Å². The number of ether oxygens (including phenoxy) is 1. The molecule has 6 nitrogen and oxygen atoms in total. The van der Waals surface area contributed by atoms with E-state index in [4.69, 9.17) is 16.3 Å². The first-order valence-electron chi connectivity index (χ1n) is 8.58. The van der Waals surface area contributed by atoms with Crippen LogP contribution >= 0.6 is 11.6 Å². The van der Waals surface area contributed by atoms with Crippen LogP contribution in [0.15, 0.2) is 73.1 Å². The zero-order valence-electron chi connectivity index (χ0n) is 14.9. The highest BCUT2D eigenvalue weighted by Gasteiger charge is 2.08. The van der Waals surface area contributed by atoms with Gasteiger partial charge in [-0.05, 0) is 60.7 Å². The van der Waals surface area contributed by atoms with Gasteiger partial charge in [0.25, 0.3) is 0 Å². The number of hydrogen-bond donors (Lipinski definition) is 2. The van der Waals surface area contributed by atoms with Crippen LogP contribution in [0.4, 0.5) is 20.6 Å². The Kier molecular flexibility index (Phi) is 5.22. The van der Waals surface area contributed by atoms with E-state index in [1.807, 2.05) is 0 Å². The lowest BCUT2D eigenvalue weighted by atomic mass is 10.2. The summed E-state index contributed by atoms with van der Waals surface area (Å²) in [5.41, 5.74) is 1.66. The first kappa shape index (κ1) is 18.6. The van der Waals surface area contributed by atoms with E-state index in [0.29, 0.717) is 38.9 Å². The Bertz CT molecular complexity index is 1170. The molecule has 4 aromatic rings. The molecule has 3 aromatic carbocycles. The number of fused-ring (bicyclic) bond motifs is 1. The summed E-state index contributed by atoms with van der Waals surface area (Å²) in [6.45, 7) is 0. The maximum atomic E-state index is 13.4. The van der Waals surface area contributed by atoms with E-state index in [-0.39, 0.29) is 11.8 Å². The highest BCUT2D eigenvalue weighted by molar-refractivity contribution is 6.30. The molecule has 0 fully saturated rings. The van der Waals surface area contributed by atoms with Crippen LogP contribution in [0.25, 0.3) is 10.9 Å². The summed E-state index contributed by atoms with van der Waals surface area (Å²) in [6, 6.07) is 17.4. The number of rotatable bonds is 4. The number of amides is 2. The largest absolute Gasteiger partial charge is 0.438 e. The lowest BCUT2D eigenvalue weighted by molar-refractivity contribution is 0.262. The van der Waals surface area contributed by atoms with Crippen molar-refractivity contribution < 1.29 is 13.9 Å². The van der Waals surface area contributed by atoms with E-state index < -0.39 is 0 Å². The molecule has 0 spiro atoms. The predicted molar refractivity (Wildman–Crippen MR) is 110 cm³/mol. The van der Waals surface area contributed by atoms with Crippen LogP contribution < -0.4 is 15.4 Å². The van der Waals surface area contributed by atoms with Gasteiger partial charge in [0.1, 0.15) is 17.9 Å². The summed E-state index contributed by atoms with van der Waals surface area (Å²) in [5, 5.41) is 6.62. The summed E-state index contributed by atoms with van der Waals surface area (Å²) >= 11 is 5.83. The molecule has 29 heavy (non-hydrogen) atoms. The highest BCUT2D eigenvalue weighted by Crippen LogP contribution is 2.27. The molecule has 2 amide bonds. The Morgan fingerprint density at radius 3 is 2.24 bits per heavy atom. The minimum absolute atomic E-state index is 0.316. The molecule has 0 aliphatic heterocycles. The number of benzene rings is 3. The van der Waals surface area contributed by atoms with E-state index in [9.17, 15) is 9.18 Å². The average molecular weight is 409 g/mol. The van der Waals surface area contributed by atoms with Crippen LogP contribution in [0.3, 0.4) is 0 Å². The van der Waals surface area contributed by atoms with Crippen molar-refractivity contribution in [2.45, 2.75) is 0 Å². The molecule has 0 radical (unpaired) electrons. The third-order valence-electron chi connectivity index (χ3n) is 3.99. The van der Waals surface area contributed by atoms with Gasteiger partial charge in [0.2, 0.25) is 5.88 Å². The SMILES string of the molecule is O=C(Nc1ccc(Cl)cc1)Nc1ccc(Oc2ncnc3cc(F)ccc23)cc1. The van der Waals surface area contributed by atoms with Crippen molar-refractivity contribution in [3.8, 4) is 11.6 Å². The number of anilines is 2. The monoisotopic (exact) mass is 408 g/mol. The van der Waals surface area contributed by atoms with Gasteiger partial charge in [-0.2, -0.15) is 0 Å². The smallest absolute Gasteiger partial charge is 0.323 e. The number of carbonyl (C=O) groups excluding carboxylic acids is 1. The third kappa shape index (κ3) is 4.59. The molecule has 0 aliphatic carbocycles. The van der Waals surface area contributed by atoms with Gasteiger partial charge in [-0.3, -0.25) is 0 Å². The van der Waals surface area contributed by atoms with Gasteiger partial charge in [0.05, 0.1) is 10.9 Å². The summed E-state index contributed by atoms with van der Waals surface area (Å²) in [6.07, 6.45) is 1.31. The Balaban J connectivity index is 1.43. The molecular formula is C21H14ClFN4O2. The molecule has 8 heteroatoms. The highest BCUT2D eigenvalue weighted by atomic mass is 35.5. The van der Waals surface area contributed by atoms with Crippen molar-refractivity contribution in [1.82, 2.24) is 9.97 Å². The number of carbonyl (C=O) groups is 1. The van der Waals surface area contributed by atoms with Crippen LogP contribution in [0.5, 0.6) is 11.6 Å². The van der Waals surface area contributed by atoms with Crippen LogP contribution in [0.1, 0.15) is 0 Å². The maximum Gasteiger partial charge on any atom is 0.323 e. The van der Waals surface area contributed by atoms with Crippen molar-refractivity contribution >= 4 is 39.9 Å². The van der Waals surface area contributed by atoms with E-state index in [2.05, 4.69) is 20.6 Å². The normalized spacial score (nSPS) is 10.6. The second kappa shape index (κ2) is 8.12. The first-order valence-corrected chi connectivity index (χ1v) is 8.96. The van der Waals surface area contributed by atoms with Crippen molar-refractivity contribution in [2.24, 2.45) is 0 Å². The molecule has 0 atom stereocenters. The fraction of sp³-hybridized carbons (Fsp3) is 0. The van der Waals surface area contributed by atoms with Crippen molar-refractivity contribution in [1.29, 1.82) is 0 Å². The molecule has 0 bridgehead atoms. The van der Waals surface area contributed by atoms with Crippen molar-refractivity contribution in [3.63, 3.8) is 0 Å². The van der Waals surface area contributed by atoms with Crippen LogP contribution in [0.2, 0.25) is 5.02 Å². The second-order valence-corrected chi connectivity index (χ2v) is 6.49. The van der Waals surface area contributed by atoms with Gasteiger partial charge in [-0.15, -0.1) is 0 Å². The number of halogens is 2. The number of nitrogens with one attached hydrogen (secondary N) is 2. The topological polar surface area (TPSA) is 76.1 Å². The molecule has 144 valence electrons. The number of aromatic nitrogens is 2. The Morgan fingerprint density at radius 1 is 0.897 bits per heavy atom. The second-order valence-electron chi connectivity index (χ2n) is 6.05. The van der Waals surface area contributed by atoms with E-state index >= 15 is 0 Å². The molecule has 1 aromatic heterocycles. The fourth-order valence-corrected chi connectivity index (χ4v) is 2.76. The number of nitrogens with zero attached hydrogens (tertiary/aromatic N) is 2. The van der Waals surface area contributed by atoms with Gasteiger partial charge in [0.15, 0.2) is 0 Å². The Labute approximate surface area is 170 Å². The molecule has 0 saturated heterocycles. The van der Waals surface area contributed by atoms with E-state index in [1.165, 1.54) is 18.5 Å². The van der Waals surface area contributed by atoms with Crippen LogP contribution in [-0.4, -0.2) is 16.0 Å². The maximum absolute atomic E-state index is 13.4. The summed E-state index contributed by atoms with van der Waals surface area (Å²) in [7, 11) is 0. The molecule has 2 N–H and O–H groups in total. The number of hydrogen-bond acceptors (Lipinski definition) is 4. The van der Waals surface area contributed by atoms with Crippen LogP contribution in [0, 0.1) is 5.82 Å². The lowest BCUT2D eigenvalue weighted by Gasteiger charge is -2.10. The Morgan fingerprint density at radius 2 is 1.55 bits per heavy atom. The minimum atomic E-state index is -0.384. The molecule has 4 rings (SSSR count). The van der Waals surface area contributed by atoms with Gasteiger partial charge >= 0.3 is 6.03 Å². The first-order chi connectivity index (χ1) is 14.1. The zero-order valence-corrected chi connectivity index (χ0v) is 15.7. The molecule has 1 heterocycles. The van der Waals surface area contributed by atoms with Gasteiger partial charge in [-0.25, -0.2) is 19.2 Å². The molecule has 0 saturated carbocycles. The van der Waals surface area contributed by atoms with Gasteiger partial charge in [-0.1, -0.05) is 11.6 Å². The molecule has 0 aliphatic rings. The summed E-state index contributed by atoms with van der Waals surface area (Å²) in [4.78, 5) is 20.2. The van der Waals surface area contributed by atoms with Gasteiger partial charge < -0.3 is 15.4 Å². The van der Waals surface area contributed by atoms with Crippen LogP contribution in [-0.2, 0) is 0 Å². The van der Waals surface area contributed by atoms with Gasteiger partial charge in [0, 0.05) is 22.5 Å². The number of urea groups is 1. The predicted octanol–water partition coefficient (Wildman–Crippen LogP) is 5.86. The summed E-state index contributed by atoms with van der Waals surface area (Å²) < 4.78 is 19.1. The lowest BCUT2D eigenvalue weighted by Crippen LogP contribution is -2.19. The van der Waals surface area contributed by atoms with Crippen molar-refractivity contribution in [2.75, 3.05) is 10.6 Å². The standard InChI is InChI=1S/C21H14ClFN4O2/c22-13-1-4-15(5-2-13)26-21(28)27-16-6-8-17(9-7-16)29-20-18-10-3-14(23)11-19(18)24-12-25-20/h1-12H,(H2,26,27,28).